The van der Waals surface area contributed by atoms with Gasteiger partial charge in [-0.15, -0.1) is 0 Å². The molecule has 3 aromatic rings. The highest BCUT2D eigenvalue weighted by Crippen LogP contribution is 2.30. The third-order valence-corrected chi connectivity index (χ3v) is 3.16. The Balaban J connectivity index is 2.10. The van der Waals surface area contributed by atoms with Crippen LogP contribution >= 0.6 is 0 Å². The zero-order valence-corrected chi connectivity index (χ0v) is 11.6. The zero-order valence-electron chi connectivity index (χ0n) is 11.6. The molecule has 0 unspecified atom stereocenters. The van der Waals surface area contributed by atoms with Gasteiger partial charge in [-0.25, -0.2) is 14.8 Å². The van der Waals surface area contributed by atoms with Crippen molar-refractivity contribution in [3.63, 3.8) is 0 Å². The Kier molecular flexibility index (Phi) is 3.27. The summed E-state index contributed by atoms with van der Waals surface area (Å²) in [7, 11) is 2.90. The van der Waals surface area contributed by atoms with E-state index >= 15 is 0 Å². The van der Waals surface area contributed by atoms with Crippen molar-refractivity contribution in [2.24, 2.45) is 0 Å². The molecule has 0 spiro atoms. The number of methoxy groups -OCH3 is 2. The van der Waals surface area contributed by atoms with Gasteiger partial charge in [-0.05, 0) is 24.3 Å². The number of imidazole rings is 1. The predicted octanol–water partition coefficient (Wildman–Crippen LogP) is 2.19. The molecule has 0 bridgehead atoms. The van der Waals surface area contributed by atoms with E-state index in [1.165, 1.54) is 7.11 Å². The van der Waals surface area contributed by atoms with Gasteiger partial charge in [0, 0.05) is 18.0 Å². The summed E-state index contributed by atoms with van der Waals surface area (Å²) in [5.74, 6) is 0.160. The predicted molar refractivity (Wildman–Crippen MR) is 76.3 cm³/mol. The number of hydrogen-bond acceptors (Lipinski definition) is 5. The molecule has 0 radical (unpaired) electrons. The molecule has 21 heavy (non-hydrogen) atoms. The molecule has 106 valence electrons. The van der Waals surface area contributed by atoms with Crippen LogP contribution in [0.15, 0.2) is 43.0 Å². The molecule has 0 fully saturated rings. The number of carbonyl (C=O) groups excluding carboxylic acids is 1. The summed E-state index contributed by atoms with van der Waals surface area (Å²) < 4.78 is 11.9. The Morgan fingerprint density at radius 1 is 1.24 bits per heavy atom. The molecule has 3 rings (SSSR count). The molecule has 2 heterocycles. The first-order valence-corrected chi connectivity index (χ1v) is 6.28. The Hall–Kier alpha value is -2.89. The van der Waals surface area contributed by atoms with Crippen LogP contribution in [-0.2, 0) is 4.74 Å². The molecule has 1 aromatic carbocycles. The van der Waals surface area contributed by atoms with Crippen molar-refractivity contribution < 1.29 is 14.3 Å². The lowest BCUT2D eigenvalue weighted by atomic mass is 10.1. The number of hydrogen-bond donors (Lipinski definition) is 0. The zero-order chi connectivity index (χ0) is 14.8. The van der Waals surface area contributed by atoms with Gasteiger partial charge in [0.2, 0.25) is 0 Å². The maximum absolute atomic E-state index is 11.6. The van der Waals surface area contributed by atoms with Crippen LogP contribution in [0.25, 0.3) is 16.9 Å². The largest absolute Gasteiger partial charge is 0.496 e. The number of fused-ring (bicyclic) bond motifs is 1. The number of ether oxygens (including phenoxy) is 2. The minimum atomic E-state index is -0.404. The van der Waals surface area contributed by atoms with Gasteiger partial charge in [-0.3, -0.25) is 4.40 Å². The molecule has 0 N–H and O–H groups in total. The highest BCUT2D eigenvalue weighted by Gasteiger charge is 2.14. The summed E-state index contributed by atoms with van der Waals surface area (Å²) in [6.07, 6.45) is 5.23. The molecular weight excluding hydrogens is 270 g/mol. The number of nitrogens with zero attached hydrogens (tertiary/aromatic N) is 3. The topological polar surface area (TPSA) is 65.7 Å². The van der Waals surface area contributed by atoms with Crippen LogP contribution in [0, 0.1) is 0 Å². The van der Waals surface area contributed by atoms with Crippen molar-refractivity contribution in [2.75, 3.05) is 14.2 Å². The van der Waals surface area contributed by atoms with E-state index in [1.807, 2.05) is 16.7 Å². The van der Waals surface area contributed by atoms with Gasteiger partial charge < -0.3 is 9.47 Å². The van der Waals surface area contributed by atoms with Gasteiger partial charge in [0.1, 0.15) is 17.7 Å². The minimum Gasteiger partial charge on any atom is -0.496 e. The van der Waals surface area contributed by atoms with Crippen molar-refractivity contribution in [3.05, 3.63) is 48.5 Å². The van der Waals surface area contributed by atoms with Crippen LogP contribution in [0.1, 0.15) is 10.4 Å². The number of carbonyl (C=O) groups is 1. The van der Waals surface area contributed by atoms with Gasteiger partial charge in [0.05, 0.1) is 25.5 Å². The summed E-state index contributed by atoms with van der Waals surface area (Å²) in [5, 5.41) is 0. The molecule has 6 heteroatoms. The van der Waals surface area contributed by atoms with Crippen LogP contribution in [0.4, 0.5) is 0 Å². The van der Waals surface area contributed by atoms with Crippen LogP contribution in [0.3, 0.4) is 0 Å². The lowest BCUT2D eigenvalue weighted by molar-refractivity contribution is 0.0600. The number of rotatable bonds is 3. The average Bonchev–Trinajstić information content (AvgIpc) is 2.97. The molecule has 0 amide bonds. The molecule has 2 aromatic heterocycles. The molecule has 0 aliphatic carbocycles. The molecule has 0 atom stereocenters. The van der Waals surface area contributed by atoms with Crippen LogP contribution in [0.5, 0.6) is 5.75 Å². The number of esters is 1. The van der Waals surface area contributed by atoms with Crippen molar-refractivity contribution >= 4 is 11.6 Å². The van der Waals surface area contributed by atoms with Crippen LogP contribution in [-0.4, -0.2) is 34.6 Å². The van der Waals surface area contributed by atoms with Crippen LogP contribution in [0.2, 0.25) is 0 Å². The monoisotopic (exact) mass is 283 g/mol. The first-order valence-electron chi connectivity index (χ1n) is 6.28. The molecule has 0 saturated heterocycles. The van der Waals surface area contributed by atoms with Gasteiger partial charge in [-0.1, -0.05) is 0 Å². The van der Waals surface area contributed by atoms with Gasteiger partial charge in [0.25, 0.3) is 0 Å². The first-order chi connectivity index (χ1) is 10.2. The molecule has 6 nitrogen and oxygen atoms in total. The van der Waals surface area contributed by atoms with E-state index in [4.69, 9.17) is 9.47 Å². The van der Waals surface area contributed by atoms with Gasteiger partial charge in [0.15, 0.2) is 0 Å². The van der Waals surface area contributed by atoms with E-state index in [1.54, 1.807) is 37.8 Å². The molecular formula is C15H13N3O3. The Labute approximate surface area is 121 Å². The van der Waals surface area contributed by atoms with Crippen molar-refractivity contribution in [2.45, 2.75) is 0 Å². The summed E-state index contributed by atoms with van der Waals surface area (Å²) in [4.78, 5) is 20.1. The van der Waals surface area contributed by atoms with E-state index in [0.717, 1.165) is 16.9 Å². The Morgan fingerprint density at radius 3 is 2.81 bits per heavy atom. The number of benzene rings is 1. The normalized spacial score (nSPS) is 10.6. The first kappa shape index (κ1) is 13.1. The summed E-state index contributed by atoms with van der Waals surface area (Å²) >= 11 is 0. The SMILES string of the molecule is COC(=O)c1ccc(-c2cn3cnccc3n2)c(OC)c1. The third-order valence-electron chi connectivity index (χ3n) is 3.16. The van der Waals surface area contributed by atoms with E-state index in [0.29, 0.717) is 11.3 Å². The fourth-order valence-corrected chi connectivity index (χ4v) is 2.12. The van der Waals surface area contributed by atoms with E-state index in [9.17, 15) is 4.79 Å². The van der Waals surface area contributed by atoms with E-state index in [-0.39, 0.29) is 0 Å². The van der Waals surface area contributed by atoms with Gasteiger partial charge >= 0.3 is 5.97 Å². The standard InChI is InChI=1S/C15H13N3O3/c1-20-13-7-10(15(19)21-2)3-4-11(13)12-8-18-9-16-6-5-14(18)17-12/h3-9H,1-2H3. The maximum atomic E-state index is 11.6. The maximum Gasteiger partial charge on any atom is 0.337 e. The number of aromatic nitrogens is 3. The van der Waals surface area contributed by atoms with E-state index in [2.05, 4.69) is 9.97 Å². The highest BCUT2D eigenvalue weighted by molar-refractivity contribution is 5.91. The lowest BCUT2D eigenvalue weighted by Gasteiger charge is -2.08. The van der Waals surface area contributed by atoms with Crippen molar-refractivity contribution in [1.29, 1.82) is 0 Å². The van der Waals surface area contributed by atoms with Crippen molar-refractivity contribution in [1.82, 2.24) is 14.4 Å². The molecule has 0 aliphatic heterocycles. The van der Waals surface area contributed by atoms with Gasteiger partial charge in [-0.2, -0.15) is 0 Å². The van der Waals surface area contributed by atoms with Crippen molar-refractivity contribution in [3.8, 4) is 17.0 Å². The third kappa shape index (κ3) is 2.31. The van der Waals surface area contributed by atoms with E-state index < -0.39 is 5.97 Å². The summed E-state index contributed by atoms with van der Waals surface area (Å²) in [5.41, 5.74) is 2.77. The molecule has 0 aliphatic rings. The molecule has 0 saturated carbocycles. The second-order valence-electron chi connectivity index (χ2n) is 4.38. The Morgan fingerprint density at radius 2 is 2.10 bits per heavy atom. The quantitative estimate of drug-likeness (QED) is 0.689. The fraction of sp³-hybridized carbons (Fsp3) is 0.133. The summed E-state index contributed by atoms with van der Waals surface area (Å²) in [6.45, 7) is 0. The fourth-order valence-electron chi connectivity index (χ4n) is 2.12. The minimum absolute atomic E-state index is 0.404. The highest BCUT2D eigenvalue weighted by atomic mass is 16.5. The van der Waals surface area contributed by atoms with Crippen LogP contribution < -0.4 is 4.74 Å². The second kappa shape index (κ2) is 5.24. The smallest absolute Gasteiger partial charge is 0.337 e. The second-order valence-corrected chi connectivity index (χ2v) is 4.38. The average molecular weight is 283 g/mol. The lowest BCUT2D eigenvalue weighted by Crippen LogP contribution is -2.02. The summed E-state index contributed by atoms with van der Waals surface area (Å²) in [6, 6.07) is 6.94. The Bertz CT molecular complexity index is 778.